The average Bonchev–Trinajstić information content (AvgIpc) is 2.92. The van der Waals surface area contributed by atoms with Crippen LogP contribution in [0.5, 0.6) is 5.75 Å². The first-order chi connectivity index (χ1) is 6.66. The third kappa shape index (κ3) is 1.94. The van der Waals surface area contributed by atoms with E-state index in [-0.39, 0.29) is 17.0 Å². The summed E-state index contributed by atoms with van der Waals surface area (Å²) in [5, 5.41) is 10.6. The minimum absolute atomic E-state index is 0.0564. The van der Waals surface area contributed by atoms with E-state index in [0.717, 1.165) is 0 Å². The number of non-ortho nitro benzene ring substituents is 1. The van der Waals surface area contributed by atoms with Gasteiger partial charge in [-0.3, -0.25) is 10.1 Å². The summed E-state index contributed by atoms with van der Waals surface area (Å²) in [6.07, 6.45) is -0.256. The summed E-state index contributed by atoms with van der Waals surface area (Å²) in [5.74, 6) is 0.403. The first kappa shape index (κ1) is 9.23. The number of epoxide rings is 1. The van der Waals surface area contributed by atoms with Crippen LogP contribution in [0.2, 0.25) is 5.02 Å². The largest absolute Gasteiger partial charge is 0.461 e. The van der Waals surface area contributed by atoms with Gasteiger partial charge in [0.1, 0.15) is 12.4 Å². The van der Waals surface area contributed by atoms with Gasteiger partial charge in [0.25, 0.3) is 5.69 Å². The molecule has 6 heteroatoms. The lowest BCUT2D eigenvalue weighted by Gasteiger charge is -2.03. The Morgan fingerprint density at radius 1 is 1.64 bits per heavy atom. The van der Waals surface area contributed by atoms with Crippen molar-refractivity contribution in [1.29, 1.82) is 0 Å². The highest BCUT2D eigenvalue weighted by molar-refractivity contribution is 6.32. The van der Waals surface area contributed by atoms with Gasteiger partial charge in [-0.15, -0.1) is 0 Å². The van der Waals surface area contributed by atoms with Crippen LogP contribution in [0.1, 0.15) is 0 Å². The Labute approximate surface area is 84.3 Å². The van der Waals surface area contributed by atoms with Gasteiger partial charge in [0.15, 0.2) is 0 Å². The summed E-state index contributed by atoms with van der Waals surface area (Å²) in [6, 6.07) is 4.05. The molecule has 0 radical (unpaired) electrons. The second kappa shape index (κ2) is 3.43. The summed E-state index contributed by atoms with van der Waals surface area (Å²) >= 11 is 5.76. The Bertz CT molecular complexity index is 378. The van der Waals surface area contributed by atoms with Crippen LogP contribution in [0.4, 0.5) is 5.69 Å². The van der Waals surface area contributed by atoms with Gasteiger partial charge < -0.3 is 9.47 Å². The van der Waals surface area contributed by atoms with Crippen molar-refractivity contribution < 1.29 is 14.4 Å². The van der Waals surface area contributed by atoms with Gasteiger partial charge >= 0.3 is 0 Å². The molecule has 74 valence electrons. The average molecular weight is 216 g/mol. The maximum Gasteiger partial charge on any atom is 0.271 e. The number of nitrogens with zero attached hydrogens (tertiary/aromatic N) is 1. The molecule has 1 fully saturated rings. The maximum atomic E-state index is 10.4. The summed E-state index contributed by atoms with van der Waals surface area (Å²) < 4.78 is 10.0. The molecule has 0 aliphatic carbocycles. The van der Waals surface area contributed by atoms with Gasteiger partial charge in [0, 0.05) is 12.1 Å². The summed E-state index contributed by atoms with van der Waals surface area (Å²) in [6.45, 7) is 0.535. The van der Waals surface area contributed by atoms with Crippen molar-refractivity contribution >= 4 is 17.3 Å². The van der Waals surface area contributed by atoms with Crippen molar-refractivity contribution in [3.8, 4) is 5.75 Å². The lowest BCUT2D eigenvalue weighted by atomic mass is 10.3. The zero-order chi connectivity index (χ0) is 10.1. The van der Waals surface area contributed by atoms with Crippen LogP contribution in [0, 0.1) is 10.1 Å². The topological polar surface area (TPSA) is 64.9 Å². The molecule has 1 aromatic carbocycles. The van der Waals surface area contributed by atoms with Crippen molar-refractivity contribution in [1.82, 2.24) is 0 Å². The first-order valence-electron chi connectivity index (χ1n) is 3.89. The molecular weight excluding hydrogens is 210 g/mol. The first-order valence-corrected chi connectivity index (χ1v) is 4.27. The minimum Gasteiger partial charge on any atom is -0.461 e. The summed E-state index contributed by atoms with van der Waals surface area (Å²) in [5.41, 5.74) is -0.0564. The highest BCUT2D eigenvalue weighted by Crippen LogP contribution is 2.30. The predicted octanol–water partition coefficient (Wildman–Crippen LogP) is 1.98. The Kier molecular flexibility index (Phi) is 2.26. The highest BCUT2D eigenvalue weighted by atomic mass is 35.5. The molecule has 0 spiro atoms. The van der Waals surface area contributed by atoms with Gasteiger partial charge in [0.05, 0.1) is 9.95 Å². The molecule has 0 bridgehead atoms. The van der Waals surface area contributed by atoms with E-state index in [1.807, 2.05) is 0 Å². The minimum atomic E-state index is -0.511. The Morgan fingerprint density at radius 3 is 2.86 bits per heavy atom. The van der Waals surface area contributed by atoms with Crippen LogP contribution >= 0.6 is 11.6 Å². The number of hydrogen-bond donors (Lipinski definition) is 0. The Morgan fingerprint density at radius 2 is 2.36 bits per heavy atom. The standard InChI is InChI=1S/C8H6ClNO4/c9-6-3-5(10(11)12)1-2-7(6)14-8-4-13-8/h1-3,8H,4H2. The maximum absolute atomic E-state index is 10.4. The zero-order valence-electron chi connectivity index (χ0n) is 6.97. The molecule has 1 saturated heterocycles. The molecular formula is C8H6ClNO4. The molecule has 1 aromatic rings. The van der Waals surface area contributed by atoms with Crippen LogP contribution < -0.4 is 4.74 Å². The third-order valence-corrected chi connectivity index (χ3v) is 1.98. The molecule has 14 heavy (non-hydrogen) atoms. The molecule has 0 N–H and O–H groups in total. The second-order valence-electron chi connectivity index (χ2n) is 2.75. The SMILES string of the molecule is O=[N+]([O-])c1ccc(OC2CO2)c(Cl)c1. The number of hydrogen-bond acceptors (Lipinski definition) is 4. The van der Waals surface area contributed by atoms with Crippen LogP contribution in [0.3, 0.4) is 0 Å². The predicted molar refractivity (Wildman–Crippen MR) is 48.5 cm³/mol. The number of ether oxygens (including phenoxy) is 2. The van der Waals surface area contributed by atoms with Gasteiger partial charge in [-0.05, 0) is 6.07 Å². The van der Waals surface area contributed by atoms with Gasteiger partial charge in [-0.1, -0.05) is 11.6 Å². The fourth-order valence-corrected chi connectivity index (χ4v) is 1.17. The molecule has 2 rings (SSSR count). The quantitative estimate of drug-likeness (QED) is 0.439. The number of rotatable bonds is 3. The molecule has 0 aromatic heterocycles. The molecule has 5 nitrogen and oxygen atoms in total. The van der Waals surface area contributed by atoms with Gasteiger partial charge in [-0.25, -0.2) is 0 Å². The van der Waals surface area contributed by atoms with Crippen LogP contribution in [0.25, 0.3) is 0 Å². The van der Waals surface area contributed by atoms with Crippen molar-refractivity contribution in [2.45, 2.75) is 6.29 Å². The monoisotopic (exact) mass is 215 g/mol. The molecule has 1 heterocycles. The Balaban J connectivity index is 2.21. The molecule has 0 saturated carbocycles. The molecule has 0 amide bonds. The van der Waals surface area contributed by atoms with E-state index in [0.29, 0.717) is 12.4 Å². The highest BCUT2D eigenvalue weighted by Gasteiger charge is 2.26. The van der Waals surface area contributed by atoms with E-state index in [1.54, 1.807) is 0 Å². The molecule has 1 aliphatic rings. The fourth-order valence-electron chi connectivity index (χ4n) is 0.948. The van der Waals surface area contributed by atoms with E-state index >= 15 is 0 Å². The smallest absolute Gasteiger partial charge is 0.271 e. The second-order valence-corrected chi connectivity index (χ2v) is 3.16. The number of nitro groups is 1. The lowest BCUT2D eigenvalue weighted by Crippen LogP contribution is -1.98. The third-order valence-electron chi connectivity index (χ3n) is 1.69. The molecule has 1 atom stereocenters. The number of halogens is 1. The zero-order valence-corrected chi connectivity index (χ0v) is 7.73. The Hall–Kier alpha value is -1.33. The summed E-state index contributed by atoms with van der Waals surface area (Å²) in [7, 11) is 0. The lowest BCUT2D eigenvalue weighted by molar-refractivity contribution is -0.384. The van der Waals surface area contributed by atoms with E-state index in [9.17, 15) is 10.1 Å². The van der Waals surface area contributed by atoms with Gasteiger partial charge in [-0.2, -0.15) is 0 Å². The van der Waals surface area contributed by atoms with E-state index < -0.39 is 4.92 Å². The van der Waals surface area contributed by atoms with Crippen LogP contribution in [0.15, 0.2) is 18.2 Å². The normalized spacial score (nSPS) is 19.1. The molecule has 1 aliphatic heterocycles. The van der Waals surface area contributed by atoms with Crippen molar-refractivity contribution in [3.05, 3.63) is 33.3 Å². The fraction of sp³-hybridized carbons (Fsp3) is 0.250. The molecule has 1 unspecified atom stereocenters. The van der Waals surface area contributed by atoms with Crippen molar-refractivity contribution in [2.75, 3.05) is 6.61 Å². The van der Waals surface area contributed by atoms with Gasteiger partial charge in [0.2, 0.25) is 6.29 Å². The van der Waals surface area contributed by atoms with E-state index in [1.165, 1.54) is 18.2 Å². The summed E-state index contributed by atoms with van der Waals surface area (Å²) in [4.78, 5) is 9.87. The van der Waals surface area contributed by atoms with Crippen molar-refractivity contribution in [2.24, 2.45) is 0 Å². The van der Waals surface area contributed by atoms with E-state index in [2.05, 4.69) is 0 Å². The number of benzene rings is 1. The van der Waals surface area contributed by atoms with Crippen molar-refractivity contribution in [3.63, 3.8) is 0 Å². The van der Waals surface area contributed by atoms with Crippen LogP contribution in [-0.2, 0) is 4.74 Å². The van der Waals surface area contributed by atoms with Crippen LogP contribution in [-0.4, -0.2) is 17.8 Å². The van der Waals surface area contributed by atoms with E-state index in [4.69, 9.17) is 21.1 Å². The number of nitro benzene ring substituents is 1.